The lowest BCUT2D eigenvalue weighted by Gasteiger charge is -2.43. The van der Waals surface area contributed by atoms with Crippen molar-refractivity contribution in [2.24, 2.45) is 5.92 Å². The number of hydrogen-bond donors (Lipinski definition) is 0. The van der Waals surface area contributed by atoms with Gasteiger partial charge in [-0.15, -0.1) is 0 Å². The average molecular weight is 497 g/mol. The number of amides is 2. The van der Waals surface area contributed by atoms with Crippen LogP contribution in [0.25, 0.3) is 17.2 Å². The van der Waals surface area contributed by atoms with Crippen LogP contribution in [0.5, 0.6) is 0 Å². The molecule has 4 heterocycles. The molecule has 2 saturated carbocycles. The molecular formula is C29H32N6O2. The highest BCUT2D eigenvalue weighted by atomic mass is 16.2. The summed E-state index contributed by atoms with van der Waals surface area (Å²) in [5.41, 5.74) is 4.41. The van der Waals surface area contributed by atoms with Gasteiger partial charge in [0.25, 0.3) is 0 Å². The van der Waals surface area contributed by atoms with E-state index in [1.807, 2.05) is 23.1 Å². The number of hydrogen-bond acceptors (Lipinski definition) is 6. The number of carbonyl (C=O) groups excluding carboxylic acids is 2. The Labute approximate surface area is 217 Å². The number of anilines is 1. The SMILES string of the molecule is C=Cc1cc(-c2cc(C#N)c(N3CCN(C(=O)CN4CCCC4=O)[C@H](C4CC4)C3)nc2C2CC2)ccn1. The molecule has 0 unspecified atom stereocenters. The van der Waals surface area contributed by atoms with Crippen LogP contribution in [0.3, 0.4) is 0 Å². The van der Waals surface area contributed by atoms with E-state index in [4.69, 9.17) is 4.98 Å². The zero-order chi connectivity index (χ0) is 25.5. The van der Waals surface area contributed by atoms with Crippen LogP contribution in [0.4, 0.5) is 5.82 Å². The third-order valence-corrected chi connectivity index (χ3v) is 8.12. The second-order valence-corrected chi connectivity index (χ2v) is 10.7. The van der Waals surface area contributed by atoms with Gasteiger partial charge in [0.2, 0.25) is 11.8 Å². The van der Waals surface area contributed by atoms with Gasteiger partial charge in [0, 0.05) is 50.3 Å². The van der Waals surface area contributed by atoms with Gasteiger partial charge in [-0.2, -0.15) is 5.26 Å². The summed E-state index contributed by atoms with van der Waals surface area (Å²) in [5.74, 6) is 1.74. The molecule has 37 heavy (non-hydrogen) atoms. The third-order valence-electron chi connectivity index (χ3n) is 8.12. The predicted octanol–water partition coefficient (Wildman–Crippen LogP) is 3.59. The Bertz CT molecular complexity index is 1290. The molecule has 8 heteroatoms. The number of nitriles is 1. The van der Waals surface area contributed by atoms with Crippen LogP contribution < -0.4 is 4.90 Å². The van der Waals surface area contributed by atoms with Gasteiger partial charge in [0.1, 0.15) is 11.9 Å². The van der Waals surface area contributed by atoms with E-state index < -0.39 is 0 Å². The van der Waals surface area contributed by atoms with Gasteiger partial charge in [-0.25, -0.2) is 4.98 Å². The van der Waals surface area contributed by atoms with Crippen LogP contribution in [0, 0.1) is 17.2 Å². The summed E-state index contributed by atoms with van der Waals surface area (Å²) in [6.07, 6.45) is 9.32. The van der Waals surface area contributed by atoms with Crippen LogP contribution in [0.1, 0.15) is 61.4 Å². The van der Waals surface area contributed by atoms with Crippen molar-refractivity contribution in [1.29, 1.82) is 5.26 Å². The molecule has 190 valence electrons. The summed E-state index contributed by atoms with van der Waals surface area (Å²) >= 11 is 0. The molecule has 4 aliphatic rings. The summed E-state index contributed by atoms with van der Waals surface area (Å²) in [6, 6.07) is 8.44. The molecule has 2 aliphatic heterocycles. The second-order valence-electron chi connectivity index (χ2n) is 10.7. The number of rotatable bonds is 7. The van der Waals surface area contributed by atoms with Gasteiger partial charge in [-0.1, -0.05) is 6.58 Å². The zero-order valence-electron chi connectivity index (χ0n) is 21.1. The van der Waals surface area contributed by atoms with Crippen molar-refractivity contribution in [3.05, 3.63) is 47.9 Å². The lowest BCUT2D eigenvalue weighted by molar-refractivity contribution is -0.140. The zero-order valence-corrected chi connectivity index (χ0v) is 21.1. The van der Waals surface area contributed by atoms with Crippen LogP contribution in [-0.2, 0) is 9.59 Å². The minimum absolute atomic E-state index is 0.0463. The van der Waals surface area contributed by atoms with Gasteiger partial charge in [-0.3, -0.25) is 14.6 Å². The predicted molar refractivity (Wildman–Crippen MR) is 141 cm³/mol. The van der Waals surface area contributed by atoms with E-state index in [0.717, 1.165) is 60.4 Å². The van der Waals surface area contributed by atoms with Gasteiger partial charge in [0.05, 0.1) is 29.5 Å². The summed E-state index contributed by atoms with van der Waals surface area (Å²) in [6.45, 7) is 6.58. The van der Waals surface area contributed by atoms with Crippen molar-refractivity contribution in [2.45, 2.75) is 50.5 Å². The van der Waals surface area contributed by atoms with Crippen LogP contribution >= 0.6 is 0 Å². The summed E-state index contributed by atoms with van der Waals surface area (Å²) in [4.78, 5) is 40.7. The van der Waals surface area contributed by atoms with E-state index in [-0.39, 0.29) is 24.4 Å². The number of nitrogens with zero attached hydrogens (tertiary/aromatic N) is 6. The fourth-order valence-corrected chi connectivity index (χ4v) is 5.79. The summed E-state index contributed by atoms with van der Waals surface area (Å²) < 4.78 is 0. The van der Waals surface area contributed by atoms with Crippen molar-refractivity contribution in [3.8, 4) is 17.2 Å². The highest BCUT2D eigenvalue weighted by Gasteiger charge is 2.42. The highest BCUT2D eigenvalue weighted by molar-refractivity contribution is 5.86. The van der Waals surface area contributed by atoms with Crippen LogP contribution in [0.2, 0.25) is 0 Å². The maximum absolute atomic E-state index is 13.2. The summed E-state index contributed by atoms with van der Waals surface area (Å²) in [7, 11) is 0. The standard InChI is InChI=1S/C29H32N6O2/c1-2-23-14-21(9-10-31-23)24-15-22(16-30)29(32-28(24)20-7-8-20)34-12-13-35(25(17-34)19-5-6-19)27(37)18-33-11-3-4-26(33)36/h2,9-10,14-15,19-20,25H,1,3-8,11-13,17-18H2/t25-/m0/s1. The van der Waals surface area contributed by atoms with Gasteiger partial charge >= 0.3 is 0 Å². The fourth-order valence-electron chi connectivity index (χ4n) is 5.79. The highest BCUT2D eigenvalue weighted by Crippen LogP contribution is 2.45. The van der Waals surface area contributed by atoms with E-state index in [1.54, 1.807) is 17.2 Å². The minimum atomic E-state index is 0.0463. The van der Waals surface area contributed by atoms with Gasteiger partial charge in [0.15, 0.2) is 0 Å². The van der Waals surface area contributed by atoms with Crippen LogP contribution in [-0.4, -0.2) is 70.3 Å². The van der Waals surface area contributed by atoms with E-state index in [2.05, 4.69) is 22.5 Å². The van der Waals surface area contributed by atoms with E-state index >= 15 is 0 Å². The van der Waals surface area contributed by atoms with Crippen molar-refractivity contribution >= 4 is 23.7 Å². The largest absolute Gasteiger partial charge is 0.352 e. The quantitative estimate of drug-likeness (QED) is 0.582. The van der Waals surface area contributed by atoms with Crippen LogP contribution in [0.15, 0.2) is 31.0 Å². The molecule has 6 rings (SSSR count). The molecule has 4 fully saturated rings. The molecule has 0 bridgehead atoms. The monoisotopic (exact) mass is 496 g/mol. The van der Waals surface area contributed by atoms with E-state index in [1.165, 1.54) is 0 Å². The Morgan fingerprint density at radius 2 is 2.03 bits per heavy atom. The fraction of sp³-hybridized carbons (Fsp3) is 0.483. The van der Waals surface area contributed by atoms with Crippen molar-refractivity contribution < 1.29 is 9.59 Å². The normalized spacial score (nSPS) is 21.8. The molecule has 0 N–H and O–H groups in total. The molecule has 0 spiro atoms. The molecule has 8 nitrogen and oxygen atoms in total. The van der Waals surface area contributed by atoms with E-state index in [9.17, 15) is 14.9 Å². The Balaban J connectivity index is 1.28. The Morgan fingerprint density at radius 3 is 2.70 bits per heavy atom. The number of aromatic nitrogens is 2. The van der Waals surface area contributed by atoms with Gasteiger partial charge in [-0.05, 0) is 67.9 Å². The first-order valence-corrected chi connectivity index (χ1v) is 13.4. The van der Waals surface area contributed by atoms with Crippen molar-refractivity contribution in [3.63, 3.8) is 0 Å². The Hall–Kier alpha value is -3.73. The maximum Gasteiger partial charge on any atom is 0.242 e. The minimum Gasteiger partial charge on any atom is -0.352 e. The van der Waals surface area contributed by atoms with E-state index in [0.29, 0.717) is 50.0 Å². The number of likely N-dealkylation sites (tertiary alicyclic amines) is 1. The molecule has 1 atom stereocenters. The third kappa shape index (κ3) is 4.71. The molecule has 2 aromatic heterocycles. The lowest BCUT2D eigenvalue weighted by atomic mass is 9.98. The Kier molecular flexibility index (Phi) is 6.15. The first-order valence-electron chi connectivity index (χ1n) is 13.4. The average Bonchev–Trinajstić information content (AvgIpc) is 3.86. The first-order chi connectivity index (χ1) is 18.1. The molecule has 2 aromatic rings. The number of pyridine rings is 2. The maximum atomic E-state index is 13.2. The first kappa shape index (κ1) is 23.7. The smallest absolute Gasteiger partial charge is 0.242 e. The molecule has 0 radical (unpaired) electrons. The molecule has 2 aliphatic carbocycles. The summed E-state index contributed by atoms with van der Waals surface area (Å²) in [5, 5.41) is 10.1. The molecule has 2 saturated heterocycles. The molecular weight excluding hydrogens is 464 g/mol. The second kappa shape index (κ2) is 9.62. The number of piperazine rings is 1. The van der Waals surface area contributed by atoms with Gasteiger partial charge < -0.3 is 14.7 Å². The topological polar surface area (TPSA) is 93.4 Å². The lowest BCUT2D eigenvalue weighted by Crippen LogP contribution is -2.58. The molecule has 0 aromatic carbocycles. The number of carbonyl (C=O) groups is 2. The molecule has 2 amide bonds. The Morgan fingerprint density at radius 1 is 1.19 bits per heavy atom. The van der Waals surface area contributed by atoms with Crippen molar-refractivity contribution in [2.75, 3.05) is 37.6 Å². The van der Waals surface area contributed by atoms with Crippen molar-refractivity contribution in [1.82, 2.24) is 19.8 Å².